The van der Waals surface area contributed by atoms with Crippen molar-refractivity contribution in [3.05, 3.63) is 46.1 Å². The normalized spacial score (nSPS) is 20.5. The molecule has 2 heterocycles. The molecule has 0 amide bonds. The molecule has 0 saturated heterocycles. The van der Waals surface area contributed by atoms with Crippen molar-refractivity contribution in [2.75, 3.05) is 26.0 Å². The number of pyridine rings is 2. The van der Waals surface area contributed by atoms with Gasteiger partial charge in [0, 0.05) is 30.3 Å². The quantitative estimate of drug-likeness (QED) is 0.328. The largest absolute Gasteiger partial charge is 0.505 e. The lowest BCUT2D eigenvalue weighted by Crippen LogP contribution is -2.32. The molecule has 3 aromatic rings. The first-order chi connectivity index (χ1) is 17.3. The molecule has 2 aliphatic carbocycles. The zero-order chi connectivity index (χ0) is 25.4. The van der Waals surface area contributed by atoms with Gasteiger partial charge in [0.2, 0.25) is 0 Å². The number of benzene rings is 1. The van der Waals surface area contributed by atoms with E-state index in [9.17, 15) is 9.90 Å². The van der Waals surface area contributed by atoms with Gasteiger partial charge in [-0.05, 0) is 82.8 Å². The number of nitrogens with zero attached hydrogens (tertiary/aromatic N) is 3. The molecule has 0 radical (unpaired) electrons. The van der Waals surface area contributed by atoms with Crippen LogP contribution in [-0.4, -0.2) is 52.4 Å². The van der Waals surface area contributed by atoms with Gasteiger partial charge in [0.15, 0.2) is 11.5 Å². The van der Waals surface area contributed by atoms with E-state index in [-0.39, 0.29) is 33.5 Å². The molecule has 1 aromatic carbocycles. The Morgan fingerprint density at radius 2 is 1.78 bits per heavy atom. The van der Waals surface area contributed by atoms with Gasteiger partial charge in [0.1, 0.15) is 5.52 Å². The fourth-order valence-corrected chi connectivity index (χ4v) is 5.86. The predicted octanol–water partition coefficient (Wildman–Crippen LogP) is 6.82. The van der Waals surface area contributed by atoms with Crippen molar-refractivity contribution in [3.8, 4) is 17.0 Å². The molecule has 2 aromatic heterocycles. The summed E-state index contributed by atoms with van der Waals surface area (Å²) in [6, 6.07) is 7.34. The minimum absolute atomic E-state index is 0.0681. The summed E-state index contributed by atoms with van der Waals surface area (Å²) >= 11 is 12.4. The maximum absolute atomic E-state index is 13.4. The number of hydrogen-bond donors (Lipinski definition) is 2. The lowest BCUT2D eigenvalue weighted by atomic mass is 9.79. The summed E-state index contributed by atoms with van der Waals surface area (Å²) in [5, 5.41) is 14.0. The number of aromatic hydroxyl groups is 1. The highest BCUT2D eigenvalue weighted by atomic mass is 35.5. The molecule has 2 saturated carbocycles. The van der Waals surface area contributed by atoms with Crippen LogP contribution in [0.2, 0.25) is 10.0 Å². The molecule has 190 valence electrons. The van der Waals surface area contributed by atoms with Gasteiger partial charge < -0.3 is 15.3 Å². The number of carbonyl (C=O) groups is 1. The molecule has 2 N–H and O–H groups in total. The first-order valence-electron chi connectivity index (χ1n) is 12.7. The smallest absolute Gasteiger partial charge is 0.169 e. The van der Waals surface area contributed by atoms with Gasteiger partial charge in [-0.1, -0.05) is 29.6 Å². The number of halogens is 2. The van der Waals surface area contributed by atoms with Crippen LogP contribution in [0.25, 0.3) is 22.3 Å². The molecule has 36 heavy (non-hydrogen) atoms. The van der Waals surface area contributed by atoms with Gasteiger partial charge in [-0.15, -0.1) is 0 Å². The second-order valence-corrected chi connectivity index (χ2v) is 11.3. The number of phenolic OH excluding ortho intramolecular Hbond substituents is 1. The zero-order valence-electron chi connectivity index (χ0n) is 20.7. The Morgan fingerprint density at radius 3 is 2.39 bits per heavy atom. The second kappa shape index (κ2) is 10.5. The number of aromatic nitrogens is 2. The molecule has 8 heteroatoms. The van der Waals surface area contributed by atoms with Crippen LogP contribution in [-0.2, 0) is 0 Å². The van der Waals surface area contributed by atoms with Gasteiger partial charge in [-0.3, -0.25) is 9.78 Å². The third-order valence-electron chi connectivity index (χ3n) is 7.59. The fraction of sp³-hybridized carbons (Fsp3) is 0.464. The van der Waals surface area contributed by atoms with Crippen LogP contribution in [0.1, 0.15) is 55.3 Å². The van der Waals surface area contributed by atoms with Crippen molar-refractivity contribution in [3.63, 3.8) is 0 Å². The number of fused-ring (bicyclic) bond motifs is 1. The zero-order valence-corrected chi connectivity index (χ0v) is 22.2. The summed E-state index contributed by atoms with van der Waals surface area (Å²) in [6.07, 6.45) is 9.12. The molecule has 0 spiro atoms. The van der Waals surface area contributed by atoms with Gasteiger partial charge in [0.25, 0.3) is 0 Å². The summed E-state index contributed by atoms with van der Waals surface area (Å²) in [6.45, 7) is 1.11. The van der Waals surface area contributed by atoms with Gasteiger partial charge in [0.05, 0.1) is 32.5 Å². The number of rotatable bonds is 7. The van der Waals surface area contributed by atoms with Crippen molar-refractivity contribution in [1.82, 2.24) is 14.9 Å². The van der Waals surface area contributed by atoms with Crippen LogP contribution in [0.5, 0.6) is 5.75 Å². The number of carbonyl (C=O) groups excluding carboxylic acids is 1. The SMILES string of the molecule is CN(C)CC1CCC(Nc2c(C(=O)C3CCC3)cnc3ccc(-c4cc(Cl)c(O)c(Cl)c4)nc23)CC1. The third kappa shape index (κ3) is 5.17. The summed E-state index contributed by atoms with van der Waals surface area (Å²) in [5.74, 6) is 0.781. The Hall–Kier alpha value is -2.41. The summed E-state index contributed by atoms with van der Waals surface area (Å²) in [5.41, 5.74) is 4.16. The van der Waals surface area contributed by atoms with Gasteiger partial charge in [-0.25, -0.2) is 4.98 Å². The molecular formula is C28H32Cl2N4O2. The number of anilines is 1. The molecule has 2 aliphatic rings. The van der Waals surface area contributed by atoms with E-state index >= 15 is 0 Å². The standard InChI is InChI=1S/C28H32Cl2N4O2/c1-34(2)15-16-6-8-19(9-7-16)32-25-20(27(35)17-4-3-5-17)14-31-24-11-10-23(33-26(24)25)18-12-21(29)28(36)22(30)13-18/h10-14,16-17,19,36H,3-9,15H2,1-2H3,(H,31,32). The number of nitrogens with one attached hydrogen (secondary N) is 1. The third-order valence-corrected chi connectivity index (χ3v) is 8.16. The molecule has 0 unspecified atom stereocenters. The molecule has 5 rings (SSSR count). The van der Waals surface area contributed by atoms with E-state index in [2.05, 4.69) is 29.3 Å². The summed E-state index contributed by atoms with van der Waals surface area (Å²) in [4.78, 5) is 25.2. The molecule has 0 aliphatic heterocycles. The average Bonchev–Trinajstić information content (AvgIpc) is 2.82. The fourth-order valence-electron chi connectivity index (χ4n) is 5.37. The van der Waals surface area contributed by atoms with Gasteiger partial charge in [-0.2, -0.15) is 0 Å². The Morgan fingerprint density at radius 1 is 1.08 bits per heavy atom. The van der Waals surface area contributed by atoms with E-state index in [0.717, 1.165) is 62.7 Å². The molecule has 0 bridgehead atoms. The van der Waals surface area contributed by atoms with Gasteiger partial charge >= 0.3 is 0 Å². The highest BCUT2D eigenvalue weighted by Crippen LogP contribution is 2.39. The monoisotopic (exact) mass is 526 g/mol. The van der Waals surface area contributed by atoms with Crippen LogP contribution in [0.4, 0.5) is 5.69 Å². The van der Waals surface area contributed by atoms with E-state index in [1.165, 1.54) is 0 Å². The Balaban J connectivity index is 1.53. The maximum Gasteiger partial charge on any atom is 0.169 e. The van der Waals surface area contributed by atoms with Crippen LogP contribution in [0, 0.1) is 11.8 Å². The highest BCUT2D eigenvalue weighted by molar-refractivity contribution is 6.37. The minimum Gasteiger partial charge on any atom is -0.505 e. The number of hydrogen-bond acceptors (Lipinski definition) is 6. The predicted molar refractivity (Wildman–Crippen MR) is 146 cm³/mol. The average molecular weight is 527 g/mol. The lowest BCUT2D eigenvalue weighted by Gasteiger charge is -2.32. The van der Waals surface area contributed by atoms with Crippen LogP contribution in [0.15, 0.2) is 30.5 Å². The van der Waals surface area contributed by atoms with E-state index in [0.29, 0.717) is 28.3 Å². The Bertz CT molecular complexity index is 1260. The van der Waals surface area contributed by atoms with E-state index < -0.39 is 0 Å². The lowest BCUT2D eigenvalue weighted by molar-refractivity contribution is 0.0855. The van der Waals surface area contributed by atoms with Crippen molar-refractivity contribution in [2.24, 2.45) is 11.8 Å². The van der Waals surface area contributed by atoms with Crippen LogP contribution < -0.4 is 5.32 Å². The maximum atomic E-state index is 13.4. The number of phenols is 1. The minimum atomic E-state index is -0.148. The van der Waals surface area contributed by atoms with Crippen molar-refractivity contribution < 1.29 is 9.90 Å². The summed E-state index contributed by atoms with van der Waals surface area (Å²) < 4.78 is 0. The molecule has 6 nitrogen and oxygen atoms in total. The Kier molecular flexibility index (Phi) is 7.38. The van der Waals surface area contributed by atoms with E-state index in [1.54, 1.807) is 18.3 Å². The van der Waals surface area contributed by atoms with E-state index in [1.807, 2.05) is 12.1 Å². The first kappa shape index (κ1) is 25.2. The van der Waals surface area contributed by atoms with Crippen LogP contribution >= 0.6 is 23.2 Å². The van der Waals surface area contributed by atoms with Crippen molar-refractivity contribution in [1.29, 1.82) is 0 Å². The van der Waals surface area contributed by atoms with Crippen LogP contribution in [0.3, 0.4) is 0 Å². The highest BCUT2D eigenvalue weighted by Gasteiger charge is 2.30. The molecule has 2 fully saturated rings. The molecule has 0 atom stereocenters. The first-order valence-corrected chi connectivity index (χ1v) is 13.5. The summed E-state index contributed by atoms with van der Waals surface area (Å²) in [7, 11) is 4.26. The topological polar surface area (TPSA) is 78.4 Å². The number of Topliss-reactive ketones (excluding diaryl/α,β-unsaturated/α-hetero) is 1. The Labute approximate surface area is 222 Å². The van der Waals surface area contributed by atoms with E-state index in [4.69, 9.17) is 28.2 Å². The van der Waals surface area contributed by atoms with Crippen molar-refractivity contribution >= 4 is 45.7 Å². The number of ketones is 1. The van der Waals surface area contributed by atoms with Crippen molar-refractivity contribution in [2.45, 2.75) is 51.0 Å². The second-order valence-electron chi connectivity index (χ2n) is 10.5. The molecular weight excluding hydrogens is 495 g/mol.